The zero-order valence-corrected chi connectivity index (χ0v) is 40.1. The van der Waals surface area contributed by atoms with Crippen molar-refractivity contribution in [3.05, 3.63) is 93.0 Å². The van der Waals surface area contributed by atoms with Gasteiger partial charge in [0.25, 0.3) is 5.92 Å². The number of nitrogens with zero attached hydrogens (tertiary/aromatic N) is 6. The highest BCUT2D eigenvalue weighted by atomic mass is 35.5. The molecule has 2 aromatic carbocycles. The van der Waals surface area contributed by atoms with Crippen molar-refractivity contribution in [1.82, 2.24) is 29.9 Å². The summed E-state index contributed by atoms with van der Waals surface area (Å²) in [7, 11) is -2.25. The molecule has 0 saturated heterocycles. The quantitative estimate of drug-likeness (QED) is 0.0423. The van der Waals surface area contributed by atoms with Gasteiger partial charge in [-0.25, -0.2) is 22.8 Å². The van der Waals surface area contributed by atoms with Crippen molar-refractivity contribution < 1.29 is 72.3 Å². The van der Waals surface area contributed by atoms with Gasteiger partial charge in [-0.15, -0.1) is 11.8 Å². The van der Waals surface area contributed by atoms with E-state index in [4.69, 9.17) is 31.2 Å². The number of nitrogens with one attached hydrogen (secondary N) is 1. The van der Waals surface area contributed by atoms with Crippen LogP contribution in [-0.2, 0) is 63.3 Å². The Morgan fingerprint density at radius 3 is 2.30 bits per heavy atom. The number of hydrogen-bond acceptors (Lipinski definition) is 10. The Kier molecular flexibility index (Phi) is 18.1. The molecule has 0 spiro atoms. The molecule has 6 rings (SSSR count). The fourth-order valence-corrected chi connectivity index (χ4v) is 8.24. The Labute approximate surface area is 405 Å². The van der Waals surface area contributed by atoms with Crippen molar-refractivity contribution in [1.29, 1.82) is 0 Å². The summed E-state index contributed by atoms with van der Waals surface area (Å²) in [5.74, 6) is 0.603. The Morgan fingerprint density at radius 2 is 1.71 bits per heavy atom. The van der Waals surface area contributed by atoms with E-state index >= 15 is 0 Å². The summed E-state index contributed by atoms with van der Waals surface area (Å²) in [6.07, 6.45) is -8.50. The van der Waals surface area contributed by atoms with E-state index < -0.39 is 87.9 Å². The normalized spacial score (nSPS) is 14.2. The van der Waals surface area contributed by atoms with E-state index in [-0.39, 0.29) is 95.4 Å². The van der Waals surface area contributed by atoms with Gasteiger partial charge >= 0.3 is 18.4 Å². The van der Waals surface area contributed by atoms with Crippen molar-refractivity contribution in [2.24, 2.45) is 0 Å². The molecule has 0 radical (unpaired) electrons. The number of alkyl halides is 8. The van der Waals surface area contributed by atoms with Gasteiger partial charge in [-0.2, -0.15) is 49.6 Å². The summed E-state index contributed by atoms with van der Waals surface area (Å²) in [5, 5.41) is 18.4. The second-order valence-electron chi connectivity index (χ2n) is 15.7. The first-order chi connectivity index (χ1) is 32.7. The predicted octanol–water partition coefficient (Wildman–Crippen LogP) is 9.32. The Morgan fingerprint density at radius 1 is 1.04 bits per heavy atom. The van der Waals surface area contributed by atoms with E-state index in [1.165, 1.54) is 43.0 Å². The number of carbonyl (C=O) groups excluding carboxylic acids is 2. The van der Waals surface area contributed by atoms with Crippen LogP contribution in [0, 0.1) is 23.5 Å². The summed E-state index contributed by atoms with van der Waals surface area (Å²) in [6, 6.07) is 7.43. The summed E-state index contributed by atoms with van der Waals surface area (Å²) in [6.45, 7) is 2.74. The van der Waals surface area contributed by atoms with Gasteiger partial charge in [-0.1, -0.05) is 23.6 Å². The molecular weight excluding hydrogens is 1010 g/mol. The Balaban J connectivity index is 0.000000478. The van der Waals surface area contributed by atoms with Crippen LogP contribution in [0.2, 0.25) is 5.02 Å². The summed E-state index contributed by atoms with van der Waals surface area (Å²) in [4.78, 5) is 29.9. The van der Waals surface area contributed by atoms with Gasteiger partial charge in [-0.05, 0) is 81.7 Å². The molecule has 0 saturated carbocycles. The van der Waals surface area contributed by atoms with Gasteiger partial charge in [0, 0.05) is 42.0 Å². The summed E-state index contributed by atoms with van der Waals surface area (Å²) >= 11 is 8.09. The van der Waals surface area contributed by atoms with Crippen LogP contribution < -0.4 is 9.62 Å². The molecular formula is C44H44ClF10N7O6S2. The maximum Gasteiger partial charge on any atom is 0.435 e. The molecule has 1 aliphatic carbocycles. The van der Waals surface area contributed by atoms with Crippen molar-refractivity contribution in [2.45, 2.75) is 82.2 Å². The van der Waals surface area contributed by atoms with E-state index in [1.54, 1.807) is 0 Å². The highest BCUT2D eigenvalue weighted by Crippen LogP contribution is 2.47. The fraction of sp³-hybridized carbons (Fsp3) is 0.432. The van der Waals surface area contributed by atoms with Crippen LogP contribution in [0.1, 0.15) is 67.1 Å². The third-order valence-electron chi connectivity index (χ3n) is 10.3. The van der Waals surface area contributed by atoms with E-state index in [1.807, 2.05) is 20.1 Å². The molecule has 13 nitrogen and oxygen atoms in total. The lowest BCUT2D eigenvalue weighted by Gasteiger charge is -2.21. The Hall–Kier alpha value is -5.42. The van der Waals surface area contributed by atoms with Crippen molar-refractivity contribution in [2.75, 3.05) is 43.2 Å². The van der Waals surface area contributed by atoms with Crippen LogP contribution in [0.25, 0.3) is 22.0 Å². The molecule has 3 heterocycles. The third kappa shape index (κ3) is 13.5. The zero-order chi connectivity index (χ0) is 51.9. The number of anilines is 1. The second-order valence-corrected chi connectivity index (χ2v) is 18.7. The van der Waals surface area contributed by atoms with Crippen LogP contribution in [0.4, 0.5) is 54.5 Å². The first kappa shape index (κ1) is 55.5. The van der Waals surface area contributed by atoms with Crippen LogP contribution in [0.3, 0.4) is 0 Å². The van der Waals surface area contributed by atoms with Gasteiger partial charge in [0.2, 0.25) is 6.41 Å². The number of aliphatic hydroxyl groups is 1. The van der Waals surface area contributed by atoms with Gasteiger partial charge in [0.15, 0.2) is 11.5 Å². The molecule has 0 bridgehead atoms. The average Bonchev–Trinajstić information content (AvgIpc) is 3.93. The highest BCUT2D eigenvalue weighted by Gasteiger charge is 2.49. The monoisotopic (exact) mass is 1060 g/mol. The maximum absolute atomic E-state index is 14.3. The molecule has 2 unspecified atom stereocenters. The van der Waals surface area contributed by atoms with Crippen molar-refractivity contribution >= 4 is 63.6 Å². The number of halogens is 11. The fourth-order valence-electron chi connectivity index (χ4n) is 7.22. The van der Waals surface area contributed by atoms with Crippen LogP contribution in [0.5, 0.6) is 0 Å². The summed E-state index contributed by atoms with van der Waals surface area (Å²) in [5.41, 5.74) is -1.74. The molecule has 3 aromatic heterocycles. The topological polar surface area (TPSA) is 154 Å². The lowest BCUT2D eigenvalue weighted by atomic mass is 9.94. The van der Waals surface area contributed by atoms with Crippen LogP contribution in [-0.4, -0.2) is 96.2 Å². The zero-order valence-electron chi connectivity index (χ0n) is 37.7. The van der Waals surface area contributed by atoms with Gasteiger partial charge in [0.05, 0.1) is 52.2 Å². The molecule has 2 N–H and O–H groups in total. The van der Waals surface area contributed by atoms with Crippen LogP contribution in [0.15, 0.2) is 42.5 Å². The number of carbonyl (C=O) groups is 2. The highest BCUT2D eigenvalue weighted by molar-refractivity contribution is 8.00. The number of aliphatic hydroxyl groups excluding tert-OH is 1. The molecule has 0 aliphatic heterocycles. The maximum atomic E-state index is 14.3. The number of hydrogen-bond donors (Lipinski definition) is 2. The number of benzene rings is 2. The number of aryl methyl sites for hydroxylation is 1. The number of thioether (sulfide) groups is 1. The largest absolute Gasteiger partial charge is 0.446 e. The number of amides is 2. The first-order valence-corrected chi connectivity index (χ1v) is 23.9. The van der Waals surface area contributed by atoms with Gasteiger partial charge in [0.1, 0.15) is 47.2 Å². The molecule has 26 heteroatoms. The average molecular weight is 1060 g/mol. The number of fused-ring (bicyclic) bond motifs is 2. The minimum atomic E-state index is -4.86. The molecule has 2 atom stereocenters. The predicted molar refractivity (Wildman–Crippen MR) is 241 cm³/mol. The van der Waals surface area contributed by atoms with Crippen molar-refractivity contribution in [3.8, 4) is 23.0 Å². The molecule has 70 heavy (non-hydrogen) atoms. The molecule has 2 amide bonds. The second kappa shape index (κ2) is 22.8. The number of rotatable bonds is 16. The number of ether oxygens (including phenoxy) is 2. The lowest BCUT2D eigenvalue weighted by Crippen LogP contribution is -2.34. The SMILES string of the molecule is CCn1nc(C(F)(F)F)c2c1C(F)(F)CC2.CSC(C)(C)C#Cc1ccc(-c2ccc(Cl)c3c(N(C(=O)OCCOCCO)S(C)=O)nn(CC(F)(F)F)c23)c(C(Cc2cc(F)cc(F)c2)NC=O)n1. The first-order valence-electron chi connectivity index (χ1n) is 20.8. The minimum absolute atomic E-state index is 0.00794. The van der Waals surface area contributed by atoms with E-state index in [9.17, 15) is 57.7 Å². The number of pyridine rings is 1. The van der Waals surface area contributed by atoms with E-state index in [0.717, 1.165) is 23.1 Å². The molecule has 380 valence electrons. The number of aromatic nitrogens is 5. The van der Waals surface area contributed by atoms with E-state index in [0.29, 0.717) is 21.5 Å². The Bertz CT molecular complexity index is 2770. The standard InChI is InChI=1S/C35H35ClF5N5O6S2.C9H9F5N2/c1-34(2,53-3)10-9-24-5-6-25(30(43-24)28(42-20-48)17-21-15-22(37)18-23(38)16-21)26-7-8-27(36)29-31(26)45(19-35(39,40)41)44-32(29)46(54(4)50)33(49)52-14-13-51-12-11-47;1-2-16-7-5(3-4-8(7,10)11)6(15-16)9(12,13)14/h5-8,15-16,18,20,28,47H,11-14,17,19H2,1-4H3,(H,42,48);2-4H2,1H3. The van der Waals surface area contributed by atoms with E-state index in [2.05, 4.69) is 27.4 Å². The third-order valence-corrected chi connectivity index (χ3v) is 12.6. The smallest absolute Gasteiger partial charge is 0.435 e. The van der Waals surface area contributed by atoms with Gasteiger partial charge in [-0.3, -0.25) is 14.2 Å². The molecule has 5 aromatic rings. The van der Waals surface area contributed by atoms with Gasteiger partial charge < -0.3 is 19.9 Å². The van der Waals surface area contributed by atoms with Crippen molar-refractivity contribution in [3.63, 3.8) is 0 Å². The lowest BCUT2D eigenvalue weighted by molar-refractivity contribution is -0.142. The molecule has 1 aliphatic rings. The van der Waals surface area contributed by atoms with Crippen LogP contribution >= 0.6 is 23.4 Å². The minimum Gasteiger partial charge on any atom is -0.446 e. The summed E-state index contributed by atoms with van der Waals surface area (Å²) < 4.78 is 160. The molecule has 0 fully saturated rings.